The molecule has 0 N–H and O–H groups in total. The van der Waals surface area contributed by atoms with Crippen molar-refractivity contribution in [1.29, 1.82) is 0 Å². The first-order valence-electron chi connectivity index (χ1n) is 5.76. The normalized spacial score (nSPS) is 10.4. The van der Waals surface area contributed by atoms with Crippen LogP contribution < -0.4 is 0 Å². The van der Waals surface area contributed by atoms with Gasteiger partial charge in [-0.1, -0.05) is 19.8 Å². The second kappa shape index (κ2) is 7.36. The third-order valence-electron chi connectivity index (χ3n) is 2.60. The van der Waals surface area contributed by atoms with Crippen LogP contribution in [0, 0.1) is 3.57 Å². The molecule has 0 atom stereocenters. The number of unbranched alkanes of at least 4 members (excludes halogenated alkanes) is 2. The van der Waals surface area contributed by atoms with Gasteiger partial charge in [0.05, 0.1) is 5.56 Å². The van der Waals surface area contributed by atoms with Gasteiger partial charge in [0, 0.05) is 21.6 Å². The molecule has 0 aliphatic carbocycles. The van der Waals surface area contributed by atoms with Crippen molar-refractivity contribution in [1.82, 2.24) is 4.90 Å². The molecule has 17 heavy (non-hydrogen) atoms. The molecular formula is C13H17BrINO. The molecule has 0 aliphatic heterocycles. The van der Waals surface area contributed by atoms with Gasteiger partial charge in [-0.2, -0.15) is 0 Å². The Morgan fingerprint density at radius 3 is 2.76 bits per heavy atom. The zero-order valence-corrected chi connectivity index (χ0v) is 13.9. The molecule has 0 fully saturated rings. The first kappa shape index (κ1) is 15.0. The lowest BCUT2D eigenvalue weighted by molar-refractivity contribution is 0.0791. The van der Waals surface area contributed by atoms with Crippen LogP contribution in [0.2, 0.25) is 0 Å². The first-order chi connectivity index (χ1) is 8.06. The fourth-order valence-electron chi connectivity index (χ4n) is 1.57. The highest BCUT2D eigenvalue weighted by atomic mass is 127. The van der Waals surface area contributed by atoms with Crippen LogP contribution in [0.5, 0.6) is 0 Å². The lowest BCUT2D eigenvalue weighted by Gasteiger charge is -2.18. The molecule has 0 aliphatic rings. The van der Waals surface area contributed by atoms with Crippen LogP contribution in [0.4, 0.5) is 0 Å². The van der Waals surface area contributed by atoms with E-state index in [2.05, 4.69) is 45.4 Å². The van der Waals surface area contributed by atoms with Gasteiger partial charge in [0.2, 0.25) is 0 Å². The lowest BCUT2D eigenvalue weighted by Crippen LogP contribution is -2.28. The number of benzene rings is 1. The maximum atomic E-state index is 12.2. The number of carbonyl (C=O) groups excluding carboxylic acids is 1. The Morgan fingerprint density at radius 2 is 2.12 bits per heavy atom. The van der Waals surface area contributed by atoms with Gasteiger partial charge in [-0.05, 0) is 63.1 Å². The average molecular weight is 410 g/mol. The highest BCUT2D eigenvalue weighted by Crippen LogP contribution is 2.21. The second-order valence-corrected chi connectivity index (χ2v) is 6.16. The van der Waals surface area contributed by atoms with E-state index in [1.54, 1.807) is 4.90 Å². The van der Waals surface area contributed by atoms with Crippen LogP contribution >= 0.6 is 38.5 Å². The molecule has 4 heteroatoms. The number of hydrogen-bond acceptors (Lipinski definition) is 1. The third-order valence-corrected chi connectivity index (χ3v) is 3.97. The summed E-state index contributed by atoms with van der Waals surface area (Å²) >= 11 is 5.65. The average Bonchev–Trinajstić information content (AvgIpc) is 2.31. The van der Waals surface area contributed by atoms with Gasteiger partial charge < -0.3 is 4.90 Å². The highest BCUT2D eigenvalue weighted by Gasteiger charge is 2.14. The van der Waals surface area contributed by atoms with E-state index in [1.807, 2.05) is 25.2 Å². The molecule has 0 saturated heterocycles. The molecular weight excluding hydrogens is 393 g/mol. The molecule has 0 radical (unpaired) electrons. The number of amides is 1. The van der Waals surface area contributed by atoms with E-state index < -0.39 is 0 Å². The summed E-state index contributed by atoms with van der Waals surface area (Å²) in [7, 11) is 1.87. The molecule has 1 rings (SSSR count). The van der Waals surface area contributed by atoms with E-state index >= 15 is 0 Å². The van der Waals surface area contributed by atoms with Crippen molar-refractivity contribution < 1.29 is 4.79 Å². The summed E-state index contributed by atoms with van der Waals surface area (Å²) < 4.78 is 1.95. The monoisotopic (exact) mass is 409 g/mol. The Morgan fingerprint density at radius 1 is 1.41 bits per heavy atom. The molecule has 1 aromatic rings. The molecule has 0 spiro atoms. The van der Waals surface area contributed by atoms with Gasteiger partial charge in [-0.25, -0.2) is 0 Å². The van der Waals surface area contributed by atoms with Crippen molar-refractivity contribution in [2.24, 2.45) is 0 Å². The maximum Gasteiger partial charge on any atom is 0.254 e. The Balaban J connectivity index is 2.71. The Kier molecular flexibility index (Phi) is 6.48. The van der Waals surface area contributed by atoms with Crippen LogP contribution in [0.25, 0.3) is 0 Å². The van der Waals surface area contributed by atoms with Crippen LogP contribution in [0.1, 0.15) is 36.5 Å². The third kappa shape index (κ3) is 4.58. The highest BCUT2D eigenvalue weighted by molar-refractivity contribution is 14.1. The number of rotatable bonds is 5. The van der Waals surface area contributed by atoms with Crippen molar-refractivity contribution >= 4 is 44.4 Å². The summed E-state index contributed by atoms with van der Waals surface area (Å²) in [5.41, 5.74) is 0.746. The summed E-state index contributed by atoms with van der Waals surface area (Å²) in [6.45, 7) is 2.99. The van der Waals surface area contributed by atoms with E-state index in [4.69, 9.17) is 0 Å². The van der Waals surface area contributed by atoms with Gasteiger partial charge in [0.1, 0.15) is 0 Å². The van der Waals surface area contributed by atoms with Gasteiger partial charge in [-0.15, -0.1) is 0 Å². The molecule has 1 aromatic carbocycles. The summed E-state index contributed by atoms with van der Waals surface area (Å²) in [6, 6.07) is 5.83. The smallest absolute Gasteiger partial charge is 0.254 e. The van der Waals surface area contributed by atoms with Crippen LogP contribution in [-0.2, 0) is 0 Å². The molecule has 1 amide bonds. The minimum absolute atomic E-state index is 0.0893. The molecule has 2 nitrogen and oxygen atoms in total. The SMILES string of the molecule is CCCCCN(C)C(=O)c1cc(I)ccc1Br. The molecule has 0 saturated carbocycles. The Hall–Kier alpha value is -0.100. The lowest BCUT2D eigenvalue weighted by atomic mass is 10.2. The fourth-order valence-corrected chi connectivity index (χ4v) is 2.47. The molecule has 0 unspecified atom stereocenters. The van der Waals surface area contributed by atoms with Gasteiger partial charge >= 0.3 is 0 Å². The van der Waals surface area contributed by atoms with E-state index in [-0.39, 0.29) is 5.91 Å². The van der Waals surface area contributed by atoms with Crippen molar-refractivity contribution in [3.63, 3.8) is 0 Å². The summed E-state index contributed by atoms with van der Waals surface area (Å²) in [5.74, 6) is 0.0893. The molecule has 0 heterocycles. The minimum atomic E-state index is 0.0893. The summed E-state index contributed by atoms with van der Waals surface area (Å²) in [5, 5.41) is 0. The zero-order valence-electron chi connectivity index (χ0n) is 10.2. The standard InChI is InChI=1S/C13H17BrINO/c1-3-4-5-8-16(2)13(17)11-9-10(15)6-7-12(11)14/h6-7,9H,3-5,8H2,1-2H3. The molecule has 94 valence electrons. The molecule has 0 bridgehead atoms. The fraction of sp³-hybridized carbons (Fsp3) is 0.462. The maximum absolute atomic E-state index is 12.2. The van der Waals surface area contributed by atoms with E-state index in [9.17, 15) is 4.79 Å². The van der Waals surface area contributed by atoms with Crippen molar-refractivity contribution in [2.75, 3.05) is 13.6 Å². The van der Waals surface area contributed by atoms with E-state index in [0.717, 1.165) is 26.6 Å². The van der Waals surface area contributed by atoms with E-state index in [0.29, 0.717) is 0 Å². The van der Waals surface area contributed by atoms with Crippen LogP contribution in [0.3, 0.4) is 0 Å². The summed E-state index contributed by atoms with van der Waals surface area (Å²) in [6.07, 6.45) is 3.42. The number of hydrogen-bond donors (Lipinski definition) is 0. The topological polar surface area (TPSA) is 20.3 Å². The van der Waals surface area contributed by atoms with Crippen LogP contribution in [0.15, 0.2) is 22.7 Å². The van der Waals surface area contributed by atoms with Gasteiger partial charge in [-0.3, -0.25) is 4.79 Å². The zero-order chi connectivity index (χ0) is 12.8. The first-order valence-corrected chi connectivity index (χ1v) is 7.64. The summed E-state index contributed by atoms with van der Waals surface area (Å²) in [4.78, 5) is 14.0. The minimum Gasteiger partial charge on any atom is -0.342 e. The largest absolute Gasteiger partial charge is 0.342 e. The van der Waals surface area contributed by atoms with Crippen LogP contribution in [-0.4, -0.2) is 24.4 Å². The Labute approximate surface area is 125 Å². The van der Waals surface area contributed by atoms with Gasteiger partial charge in [0.15, 0.2) is 0 Å². The predicted octanol–water partition coefficient (Wildman–Crippen LogP) is 4.32. The quantitative estimate of drug-likeness (QED) is 0.524. The van der Waals surface area contributed by atoms with E-state index in [1.165, 1.54) is 12.8 Å². The Bertz CT molecular complexity index is 395. The van der Waals surface area contributed by atoms with Crippen molar-refractivity contribution in [2.45, 2.75) is 26.2 Å². The number of nitrogens with zero attached hydrogens (tertiary/aromatic N) is 1. The number of carbonyl (C=O) groups is 1. The van der Waals surface area contributed by atoms with Gasteiger partial charge in [0.25, 0.3) is 5.91 Å². The number of halogens is 2. The molecule has 0 aromatic heterocycles. The van der Waals surface area contributed by atoms with Crippen molar-refractivity contribution in [3.05, 3.63) is 31.8 Å². The van der Waals surface area contributed by atoms with Crippen molar-refractivity contribution in [3.8, 4) is 0 Å². The second-order valence-electron chi connectivity index (χ2n) is 4.06. The predicted molar refractivity (Wildman–Crippen MR) is 83.3 cm³/mol.